The largest absolute Gasteiger partial charge is 0.454 e. The van der Waals surface area contributed by atoms with Crippen LogP contribution in [0.5, 0.6) is 11.5 Å². The van der Waals surface area contributed by atoms with Crippen molar-refractivity contribution in [3.05, 3.63) is 23.8 Å². The zero-order valence-corrected chi connectivity index (χ0v) is 9.74. The minimum absolute atomic E-state index is 0. The van der Waals surface area contributed by atoms with Gasteiger partial charge in [-0.1, -0.05) is 6.07 Å². The van der Waals surface area contributed by atoms with Crippen LogP contribution in [-0.2, 0) is 6.54 Å². The number of fused-ring (bicyclic) bond motifs is 1. The van der Waals surface area contributed by atoms with Gasteiger partial charge in [0, 0.05) is 19.0 Å². The predicted octanol–water partition coefficient (Wildman–Crippen LogP) is 2.17. The van der Waals surface area contributed by atoms with Gasteiger partial charge in [0.25, 0.3) is 0 Å². The monoisotopic (exact) mass is 249 g/mol. The Kier molecular flexibility index (Phi) is 5.02. The summed E-state index contributed by atoms with van der Waals surface area (Å²) in [6.45, 7) is 1.95. The molecule has 0 aliphatic carbocycles. The Hall–Kier alpha value is -0.640. The SMILES string of the molecule is Cl.ClCCNCc1ccc2c(c1)OCO2. The third-order valence-corrected chi connectivity index (χ3v) is 2.23. The van der Waals surface area contributed by atoms with Gasteiger partial charge in [-0.05, 0) is 17.7 Å². The van der Waals surface area contributed by atoms with Gasteiger partial charge in [0.1, 0.15) is 0 Å². The highest BCUT2D eigenvalue weighted by molar-refractivity contribution is 6.18. The van der Waals surface area contributed by atoms with Crippen LogP contribution in [0.4, 0.5) is 0 Å². The Bertz CT molecular complexity index is 320. The van der Waals surface area contributed by atoms with Crippen molar-refractivity contribution in [3.63, 3.8) is 0 Å². The van der Waals surface area contributed by atoms with Crippen molar-refractivity contribution < 1.29 is 9.47 Å². The first-order chi connectivity index (χ1) is 6.90. The Morgan fingerprint density at radius 3 is 2.87 bits per heavy atom. The second kappa shape index (κ2) is 6.05. The first kappa shape index (κ1) is 12.4. The van der Waals surface area contributed by atoms with Gasteiger partial charge in [0.15, 0.2) is 11.5 Å². The van der Waals surface area contributed by atoms with Crippen molar-refractivity contribution in [2.45, 2.75) is 6.54 Å². The summed E-state index contributed by atoms with van der Waals surface area (Å²) in [5.74, 6) is 2.28. The zero-order chi connectivity index (χ0) is 9.80. The molecule has 2 rings (SSSR count). The molecule has 0 fully saturated rings. The van der Waals surface area contributed by atoms with Crippen LogP contribution in [0.2, 0.25) is 0 Å². The minimum Gasteiger partial charge on any atom is -0.454 e. The lowest BCUT2D eigenvalue weighted by molar-refractivity contribution is 0.174. The number of rotatable bonds is 4. The lowest BCUT2D eigenvalue weighted by Crippen LogP contribution is -2.15. The lowest BCUT2D eigenvalue weighted by atomic mass is 10.2. The summed E-state index contributed by atoms with van der Waals surface area (Å²) in [4.78, 5) is 0. The van der Waals surface area contributed by atoms with E-state index in [0.29, 0.717) is 12.7 Å². The number of benzene rings is 1. The zero-order valence-electron chi connectivity index (χ0n) is 8.16. The standard InChI is InChI=1S/C10H12ClNO2.ClH/c11-3-4-12-6-8-1-2-9-10(5-8)14-7-13-9;/h1-2,5,12H,3-4,6-7H2;1H. The Morgan fingerprint density at radius 1 is 1.27 bits per heavy atom. The van der Waals surface area contributed by atoms with Gasteiger partial charge in [-0.15, -0.1) is 24.0 Å². The molecule has 5 heteroatoms. The van der Waals surface area contributed by atoms with Crippen molar-refractivity contribution in [2.75, 3.05) is 19.2 Å². The molecule has 1 aromatic carbocycles. The van der Waals surface area contributed by atoms with Crippen LogP contribution in [0.15, 0.2) is 18.2 Å². The summed E-state index contributed by atoms with van der Waals surface area (Å²) < 4.78 is 10.5. The number of alkyl halides is 1. The van der Waals surface area contributed by atoms with E-state index in [9.17, 15) is 0 Å². The molecule has 0 spiro atoms. The molecule has 0 unspecified atom stereocenters. The molecule has 0 amide bonds. The fraction of sp³-hybridized carbons (Fsp3) is 0.400. The van der Waals surface area contributed by atoms with E-state index in [1.165, 1.54) is 5.56 Å². The highest BCUT2D eigenvalue weighted by Gasteiger charge is 2.12. The quantitative estimate of drug-likeness (QED) is 0.656. The summed E-state index contributed by atoms with van der Waals surface area (Å²) in [5.41, 5.74) is 1.18. The Labute approximate surface area is 100 Å². The van der Waals surface area contributed by atoms with Crippen LogP contribution >= 0.6 is 24.0 Å². The second-order valence-electron chi connectivity index (χ2n) is 3.05. The van der Waals surface area contributed by atoms with Crippen molar-refractivity contribution in [3.8, 4) is 11.5 Å². The summed E-state index contributed by atoms with van der Waals surface area (Å²) in [6.07, 6.45) is 0. The molecular weight excluding hydrogens is 237 g/mol. The number of ether oxygens (including phenoxy) is 2. The van der Waals surface area contributed by atoms with Crippen molar-refractivity contribution in [1.29, 1.82) is 0 Å². The summed E-state index contributed by atoms with van der Waals surface area (Å²) >= 11 is 5.55. The maximum Gasteiger partial charge on any atom is 0.231 e. The molecule has 0 radical (unpaired) electrons. The molecule has 1 aromatic rings. The average Bonchev–Trinajstić information content (AvgIpc) is 2.65. The van der Waals surface area contributed by atoms with Crippen molar-refractivity contribution in [2.24, 2.45) is 0 Å². The molecule has 3 nitrogen and oxygen atoms in total. The van der Waals surface area contributed by atoms with Crippen LogP contribution in [0, 0.1) is 0 Å². The first-order valence-electron chi connectivity index (χ1n) is 4.55. The van der Waals surface area contributed by atoms with E-state index in [2.05, 4.69) is 5.32 Å². The van der Waals surface area contributed by atoms with Crippen LogP contribution in [0.3, 0.4) is 0 Å². The van der Waals surface area contributed by atoms with Gasteiger partial charge in [0.05, 0.1) is 0 Å². The van der Waals surface area contributed by atoms with Crippen LogP contribution in [0.25, 0.3) is 0 Å². The fourth-order valence-corrected chi connectivity index (χ4v) is 1.48. The molecular formula is C10H13Cl2NO2. The maximum atomic E-state index is 5.55. The molecule has 1 heterocycles. The molecule has 0 saturated heterocycles. The third kappa shape index (κ3) is 3.16. The number of hydrogen-bond donors (Lipinski definition) is 1. The van der Waals surface area contributed by atoms with Crippen LogP contribution < -0.4 is 14.8 Å². The smallest absolute Gasteiger partial charge is 0.231 e. The lowest BCUT2D eigenvalue weighted by Gasteiger charge is -2.03. The van der Waals surface area contributed by atoms with Crippen LogP contribution in [-0.4, -0.2) is 19.2 Å². The van der Waals surface area contributed by atoms with Gasteiger partial charge in [-0.2, -0.15) is 0 Å². The van der Waals surface area contributed by atoms with E-state index in [1.54, 1.807) is 0 Å². The summed E-state index contributed by atoms with van der Waals surface area (Å²) in [6, 6.07) is 5.94. The van der Waals surface area contributed by atoms with Gasteiger partial charge in [0.2, 0.25) is 6.79 Å². The van der Waals surface area contributed by atoms with E-state index in [0.717, 1.165) is 24.6 Å². The maximum absolute atomic E-state index is 5.55. The number of hydrogen-bond acceptors (Lipinski definition) is 3. The molecule has 1 aliphatic heterocycles. The summed E-state index contributed by atoms with van der Waals surface area (Å²) in [5, 5.41) is 3.21. The van der Waals surface area contributed by atoms with E-state index in [1.807, 2.05) is 18.2 Å². The summed E-state index contributed by atoms with van der Waals surface area (Å²) in [7, 11) is 0. The molecule has 0 bridgehead atoms. The molecule has 1 N–H and O–H groups in total. The van der Waals surface area contributed by atoms with Crippen molar-refractivity contribution >= 4 is 24.0 Å². The Morgan fingerprint density at radius 2 is 2.07 bits per heavy atom. The second-order valence-corrected chi connectivity index (χ2v) is 3.43. The normalized spacial score (nSPS) is 12.3. The molecule has 0 saturated carbocycles. The highest BCUT2D eigenvalue weighted by Crippen LogP contribution is 2.32. The minimum atomic E-state index is 0. The Balaban J connectivity index is 0.00000112. The van der Waals surface area contributed by atoms with Gasteiger partial charge in [-0.3, -0.25) is 0 Å². The van der Waals surface area contributed by atoms with Gasteiger partial charge in [-0.25, -0.2) is 0 Å². The first-order valence-corrected chi connectivity index (χ1v) is 5.09. The van der Waals surface area contributed by atoms with Gasteiger partial charge >= 0.3 is 0 Å². The van der Waals surface area contributed by atoms with Crippen LogP contribution in [0.1, 0.15) is 5.56 Å². The van der Waals surface area contributed by atoms with Gasteiger partial charge < -0.3 is 14.8 Å². The molecule has 0 aromatic heterocycles. The molecule has 15 heavy (non-hydrogen) atoms. The highest BCUT2D eigenvalue weighted by atomic mass is 35.5. The van der Waals surface area contributed by atoms with E-state index in [-0.39, 0.29) is 12.4 Å². The van der Waals surface area contributed by atoms with E-state index in [4.69, 9.17) is 21.1 Å². The fourth-order valence-electron chi connectivity index (χ4n) is 1.35. The predicted molar refractivity (Wildman–Crippen MR) is 62.2 cm³/mol. The van der Waals surface area contributed by atoms with Crippen molar-refractivity contribution in [1.82, 2.24) is 5.32 Å². The third-order valence-electron chi connectivity index (χ3n) is 2.04. The number of halogens is 2. The van der Waals surface area contributed by atoms with E-state index < -0.39 is 0 Å². The topological polar surface area (TPSA) is 30.5 Å². The molecule has 0 atom stereocenters. The molecule has 84 valence electrons. The van der Waals surface area contributed by atoms with E-state index >= 15 is 0 Å². The molecule has 1 aliphatic rings. The average molecular weight is 250 g/mol. The number of nitrogens with one attached hydrogen (secondary N) is 1.